The Kier molecular flexibility index (Phi) is 2.19. The number of rotatable bonds is 1. The van der Waals surface area contributed by atoms with Gasteiger partial charge in [-0.1, -0.05) is 0 Å². The molecule has 76 valence electrons. The largest absolute Gasteiger partial charge is 0.396 e. The van der Waals surface area contributed by atoms with Crippen LogP contribution in [0, 0.1) is 19.8 Å². The predicted molar refractivity (Wildman–Crippen MR) is 53.5 cm³/mol. The lowest BCUT2D eigenvalue weighted by Crippen LogP contribution is -2.22. The SMILES string of the molecule is Cc1[nH]c2c(c1C)C(=O)CC(CO)C2. The molecule has 1 aliphatic rings. The number of H-pyrrole nitrogens is 1. The average molecular weight is 193 g/mol. The van der Waals surface area contributed by atoms with Gasteiger partial charge in [-0.05, 0) is 31.7 Å². The van der Waals surface area contributed by atoms with Gasteiger partial charge in [0.05, 0.1) is 0 Å². The molecule has 0 saturated heterocycles. The summed E-state index contributed by atoms with van der Waals surface area (Å²) in [5.41, 5.74) is 4.02. The van der Waals surface area contributed by atoms with Crippen LogP contribution in [0.2, 0.25) is 0 Å². The van der Waals surface area contributed by atoms with Gasteiger partial charge in [0, 0.05) is 30.0 Å². The summed E-state index contributed by atoms with van der Waals surface area (Å²) in [5.74, 6) is 0.277. The van der Waals surface area contributed by atoms with E-state index in [0.29, 0.717) is 6.42 Å². The summed E-state index contributed by atoms with van der Waals surface area (Å²) in [7, 11) is 0. The molecule has 1 heterocycles. The van der Waals surface area contributed by atoms with Crippen LogP contribution in [0.1, 0.15) is 33.7 Å². The molecule has 0 saturated carbocycles. The molecule has 2 N–H and O–H groups in total. The van der Waals surface area contributed by atoms with Crippen molar-refractivity contribution in [2.75, 3.05) is 6.61 Å². The van der Waals surface area contributed by atoms with Crippen molar-refractivity contribution in [3.05, 3.63) is 22.5 Å². The standard InChI is InChI=1S/C11H15NO2/c1-6-7(2)12-9-3-8(5-13)4-10(14)11(6)9/h8,12-13H,3-5H2,1-2H3. The van der Waals surface area contributed by atoms with Gasteiger partial charge in [-0.25, -0.2) is 0 Å². The number of aliphatic hydroxyl groups excluding tert-OH is 1. The number of nitrogens with one attached hydrogen (secondary N) is 1. The van der Waals surface area contributed by atoms with E-state index >= 15 is 0 Å². The van der Waals surface area contributed by atoms with E-state index in [1.54, 1.807) is 0 Å². The lowest BCUT2D eigenvalue weighted by atomic mass is 9.86. The minimum Gasteiger partial charge on any atom is -0.396 e. The molecule has 0 bridgehead atoms. The van der Waals surface area contributed by atoms with Crippen LogP contribution in [0.3, 0.4) is 0 Å². The third-order valence-corrected chi connectivity index (χ3v) is 3.08. The van der Waals surface area contributed by atoms with E-state index in [4.69, 9.17) is 5.11 Å². The summed E-state index contributed by atoms with van der Waals surface area (Å²) in [6, 6.07) is 0. The smallest absolute Gasteiger partial charge is 0.165 e. The number of aliphatic hydroxyl groups is 1. The number of aromatic amines is 1. The van der Waals surface area contributed by atoms with E-state index in [1.165, 1.54) is 0 Å². The van der Waals surface area contributed by atoms with Crippen molar-refractivity contribution in [2.24, 2.45) is 5.92 Å². The topological polar surface area (TPSA) is 53.1 Å². The number of hydrogen-bond donors (Lipinski definition) is 2. The minimum atomic E-state index is 0.0995. The molecular formula is C11H15NO2. The molecule has 1 aliphatic carbocycles. The van der Waals surface area contributed by atoms with E-state index in [2.05, 4.69) is 4.98 Å². The molecule has 0 aliphatic heterocycles. The van der Waals surface area contributed by atoms with E-state index in [-0.39, 0.29) is 18.3 Å². The van der Waals surface area contributed by atoms with Crippen molar-refractivity contribution in [3.8, 4) is 0 Å². The zero-order valence-electron chi connectivity index (χ0n) is 8.55. The monoisotopic (exact) mass is 193 g/mol. The van der Waals surface area contributed by atoms with Gasteiger partial charge in [-0.15, -0.1) is 0 Å². The summed E-state index contributed by atoms with van der Waals surface area (Å²) in [5, 5.41) is 9.04. The van der Waals surface area contributed by atoms with Crippen LogP contribution in [0.15, 0.2) is 0 Å². The van der Waals surface area contributed by atoms with E-state index in [9.17, 15) is 4.79 Å². The molecular weight excluding hydrogens is 178 g/mol. The van der Waals surface area contributed by atoms with Gasteiger partial charge < -0.3 is 10.1 Å². The van der Waals surface area contributed by atoms with Crippen molar-refractivity contribution in [2.45, 2.75) is 26.7 Å². The Morgan fingerprint density at radius 3 is 2.79 bits per heavy atom. The van der Waals surface area contributed by atoms with Crippen LogP contribution in [0.25, 0.3) is 0 Å². The molecule has 3 heteroatoms. The summed E-state index contributed by atoms with van der Waals surface area (Å²) >= 11 is 0. The molecule has 1 atom stereocenters. The van der Waals surface area contributed by atoms with Gasteiger partial charge in [0.1, 0.15) is 0 Å². The highest BCUT2D eigenvalue weighted by Gasteiger charge is 2.28. The van der Waals surface area contributed by atoms with Gasteiger partial charge in [0.2, 0.25) is 0 Å². The maximum Gasteiger partial charge on any atom is 0.165 e. The second kappa shape index (κ2) is 3.24. The fraction of sp³-hybridized carbons (Fsp3) is 0.545. The number of Topliss-reactive ketones (excluding diaryl/α,β-unsaturated/α-hetero) is 1. The van der Waals surface area contributed by atoms with Gasteiger partial charge in [0.15, 0.2) is 5.78 Å². The number of ketones is 1. The number of carbonyl (C=O) groups excluding carboxylic acids is 1. The second-order valence-electron chi connectivity index (χ2n) is 4.11. The quantitative estimate of drug-likeness (QED) is 0.707. The highest BCUT2D eigenvalue weighted by molar-refractivity contribution is 6.00. The van der Waals surface area contributed by atoms with Crippen LogP contribution in [-0.4, -0.2) is 22.5 Å². The molecule has 1 aromatic heterocycles. The lowest BCUT2D eigenvalue weighted by Gasteiger charge is -2.19. The molecule has 0 aromatic carbocycles. The molecule has 0 amide bonds. The Bertz CT molecular complexity index is 379. The number of aromatic nitrogens is 1. The van der Waals surface area contributed by atoms with Gasteiger partial charge in [0.25, 0.3) is 0 Å². The Labute approximate surface area is 83.1 Å². The number of aryl methyl sites for hydroxylation is 1. The molecule has 0 fully saturated rings. The second-order valence-corrected chi connectivity index (χ2v) is 4.11. The zero-order valence-corrected chi connectivity index (χ0v) is 8.55. The number of carbonyl (C=O) groups is 1. The Morgan fingerprint density at radius 1 is 1.43 bits per heavy atom. The van der Waals surface area contributed by atoms with Crippen molar-refractivity contribution in [1.29, 1.82) is 0 Å². The Balaban J connectivity index is 2.45. The molecule has 1 unspecified atom stereocenters. The van der Waals surface area contributed by atoms with Crippen LogP contribution >= 0.6 is 0 Å². The molecule has 0 spiro atoms. The first kappa shape index (κ1) is 9.46. The molecule has 14 heavy (non-hydrogen) atoms. The lowest BCUT2D eigenvalue weighted by molar-refractivity contribution is 0.0917. The van der Waals surface area contributed by atoms with Crippen molar-refractivity contribution in [3.63, 3.8) is 0 Å². The summed E-state index contributed by atoms with van der Waals surface area (Å²) in [6.45, 7) is 4.05. The van der Waals surface area contributed by atoms with Crippen LogP contribution in [-0.2, 0) is 6.42 Å². The third-order valence-electron chi connectivity index (χ3n) is 3.08. The number of hydrogen-bond acceptors (Lipinski definition) is 2. The minimum absolute atomic E-state index is 0.0995. The van der Waals surface area contributed by atoms with Crippen LogP contribution in [0.5, 0.6) is 0 Å². The summed E-state index contributed by atoms with van der Waals surface area (Å²) in [4.78, 5) is 15.0. The fourth-order valence-electron chi connectivity index (χ4n) is 2.18. The predicted octanol–water partition coefficient (Wildman–Crippen LogP) is 1.37. The highest BCUT2D eigenvalue weighted by Crippen LogP contribution is 2.28. The molecule has 0 radical (unpaired) electrons. The average Bonchev–Trinajstić information content (AvgIpc) is 2.43. The van der Waals surface area contributed by atoms with E-state index in [0.717, 1.165) is 28.9 Å². The maximum atomic E-state index is 11.8. The third kappa shape index (κ3) is 1.28. The first-order chi connectivity index (χ1) is 6.63. The van der Waals surface area contributed by atoms with Crippen molar-refractivity contribution < 1.29 is 9.90 Å². The molecule has 3 nitrogen and oxygen atoms in total. The van der Waals surface area contributed by atoms with Crippen LogP contribution < -0.4 is 0 Å². The van der Waals surface area contributed by atoms with E-state index in [1.807, 2.05) is 13.8 Å². The molecule has 2 rings (SSSR count). The van der Waals surface area contributed by atoms with E-state index < -0.39 is 0 Å². The van der Waals surface area contributed by atoms with Gasteiger partial charge >= 0.3 is 0 Å². The first-order valence-electron chi connectivity index (χ1n) is 4.95. The first-order valence-corrected chi connectivity index (χ1v) is 4.95. The Hall–Kier alpha value is -1.09. The fourth-order valence-corrected chi connectivity index (χ4v) is 2.18. The zero-order chi connectivity index (χ0) is 10.3. The normalized spacial score (nSPS) is 21.1. The van der Waals surface area contributed by atoms with Gasteiger partial charge in [-0.2, -0.15) is 0 Å². The van der Waals surface area contributed by atoms with Crippen molar-refractivity contribution in [1.82, 2.24) is 4.98 Å². The molecule has 1 aromatic rings. The van der Waals surface area contributed by atoms with Crippen LogP contribution in [0.4, 0.5) is 0 Å². The number of fused-ring (bicyclic) bond motifs is 1. The Morgan fingerprint density at radius 2 is 2.14 bits per heavy atom. The van der Waals surface area contributed by atoms with Gasteiger partial charge in [-0.3, -0.25) is 4.79 Å². The highest BCUT2D eigenvalue weighted by atomic mass is 16.3. The van der Waals surface area contributed by atoms with Crippen molar-refractivity contribution >= 4 is 5.78 Å². The summed E-state index contributed by atoms with van der Waals surface area (Å²) < 4.78 is 0. The summed E-state index contributed by atoms with van der Waals surface area (Å²) in [6.07, 6.45) is 1.29. The maximum absolute atomic E-state index is 11.8.